The topological polar surface area (TPSA) is 70.4 Å². The van der Waals surface area contributed by atoms with Gasteiger partial charge in [-0.05, 0) is 31.5 Å². The molecule has 1 aromatic carbocycles. The van der Waals surface area contributed by atoms with Crippen molar-refractivity contribution < 1.29 is 13.2 Å². The van der Waals surface area contributed by atoms with Crippen molar-refractivity contribution in [3.05, 3.63) is 29.8 Å². The van der Waals surface area contributed by atoms with Crippen molar-refractivity contribution in [2.24, 2.45) is 0 Å². The summed E-state index contributed by atoms with van der Waals surface area (Å²) in [5.74, 6) is 0.0641. The molecular formula is C15H20N2O3S. The van der Waals surface area contributed by atoms with Gasteiger partial charge in [-0.3, -0.25) is 4.90 Å². The van der Waals surface area contributed by atoms with E-state index in [-0.39, 0.29) is 16.8 Å². The molecule has 1 saturated heterocycles. The Hall–Kier alpha value is -1.42. The molecule has 0 saturated carbocycles. The molecule has 1 heterocycles. The summed E-state index contributed by atoms with van der Waals surface area (Å²) in [6.45, 7) is 4.84. The van der Waals surface area contributed by atoms with Crippen LogP contribution in [0.15, 0.2) is 29.2 Å². The van der Waals surface area contributed by atoms with E-state index < -0.39 is 9.84 Å². The van der Waals surface area contributed by atoms with Gasteiger partial charge >= 0.3 is 0 Å². The fraction of sp³-hybridized carbons (Fsp3) is 0.533. The number of nitrogens with zero attached hydrogens (tertiary/aromatic N) is 2. The molecule has 0 bridgehead atoms. The van der Waals surface area contributed by atoms with Crippen LogP contribution in [-0.2, 0) is 14.6 Å². The van der Waals surface area contributed by atoms with Crippen molar-refractivity contribution in [3.8, 4) is 6.07 Å². The van der Waals surface area contributed by atoms with Gasteiger partial charge in [0.2, 0.25) is 0 Å². The smallest absolute Gasteiger partial charge is 0.179 e. The molecule has 5 nitrogen and oxygen atoms in total. The number of hydrogen-bond donors (Lipinski definition) is 0. The van der Waals surface area contributed by atoms with Crippen LogP contribution in [0, 0.1) is 11.3 Å². The predicted molar refractivity (Wildman–Crippen MR) is 79.7 cm³/mol. The fourth-order valence-corrected chi connectivity index (χ4v) is 3.74. The van der Waals surface area contributed by atoms with Gasteiger partial charge in [0.05, 0.1) is 28.4 Å². The van der Waals surface area contributed by atoms with Gasteiger partial charge in [-0.25, -0.2) is 8.42 Å². The summed E-state index contributed by atoms with van der Waals surface area (Å²) in [7, 11) is -3.36. The molecule has 0 spiro atoms. The van der Waals surface area contributed by atoms with Crippen molar-refractivity contribution in [1.82, 2.24) is 4.90 Å². The second kappa shape index (κ2) is 7.03. The summed E-state index contributed by atoms with van der Waals surface area (Å²) in [5.41, 5.74) is 0.368. The van der Waals surface area contributed by atoms with Crippen LogP contribution in [0.1, 0.15) is 18.9 Å². The van der Waals surface area contributed by atoms with E-state index >= 15 is 0 Å². The molecule has 0 aromatic heterocycles. The van der Waals surface area contributed by atoms with Gasteiger partial charge in [0.25, 0.3) is 0 Å². The SMILES string of the molecule is CC1CN(CCS(=O)(=O)c2cccc(C#N)c2)CCCO1. The highest BCUT2D eigenvalue weighted by molar-refractivity contribution is 7.91. The van der Waals surface area contributed by atoms with Crippen molar-refractivity contribution >= 4 is 9.84 Å². The maximum atomic E-state index is 12.3. The second-order valence-electron chi connectivity index (χ2n) is 5.29. The molecule has 0 radical (unpaired) electrons. The van der Waals surface area contributed by atoms with Crippen LogP contribution in [0.5, 0.6) is 0 Å². The quantitative estimate of drug-likeness (QED) is 0.842. The number of benzene rings is 1. The molecule has 1 fully saturated rings. The maximum absolute atomic E-state index is 12.3. The van der Waals surface area contributed by atoms with Crippen LogP contribution < -0.4 is 0 Å². The van der Waals surface area contributed by atoms with Crippen molar-refractivity contribution in [2.45, 2.75) is 24.3 Å². The Morgan fingerprint density at radius 1 is 1.48 bits per heavy atom. The Labute approximate surface area is 126 Å². The molecular weight excluding hydrogens is 288 g/mol. The van der Waals surface area contributed by atoms with Gasteiger partial charge in [0.1, 0.15) is 0 Å². The monoisotopic (exact) mass is 308 g/mol. The molecule has 1 aliphatic rings. The lowest BCUT2D eigenvalue weighted by molar-refractivity contribution is 0.0685. The predicted octanol–water partition coefficient (Wildman–Crippen LogP) is 1.44. The molecule has 1 atom stereocenters. The molecule has 1 aliphatic heterocycles. The largest absolute Gasteiger partial charge is 0.377 e. The standard InChI is InChI=1S/C15H20N2O3S/c1-13-12-17(6-3-8-20-13)7-9-21(18,19)15-5-2-4-14(10-15)11-16/h2,4-5,10,13H,3,6-9,12H2,1H3. The van der Waals surface area contributed by atoms with Gasteiger partial charge < -0.3 is 4.74 Å². The van der Waals surface area contributed by atoms with E-state index in [1.807, 2.05) is 13.0 Å². The van der Waals surface area contributed by atoms with Gasteiger partial charge in [-0.1, -0.05) is 6.07 Å². The molecule has 21 heavy (non-hydrogen) atoms. The maximum Gasteiger partial charge on any atom is 0.179 e. The van der Waals surface area contributed by atoms with Crippen LogP contribution in [0.4, 0.5) is 0 Å². The molecule has 1 aromatic rings. The van der Waals surface area contributed by atoms with E-state index in [9.17, 15) is 8.42 Å². The van der Waals surface area contributed by atoms with E-state index in [0.29, 0.717) is 12.1 Å². The first-order chi connectivity index (χ1) is 10.0. The number of hydrogen-bond acceptors (Lipinski definition) is 5. The minimum absolute atomic E-state index is 0.0641. The number of sulfone groups is 1. The molecule has 0 amide bonds. The van der Waals surface area contributed by atoms with E-state index in [4.69, 9.17) is 10.00 Å². The minimum Gasteiger partial charge on any atom is -0.377 e. The van der Waals surface area contributed by atoms with Gasteiger partial charge in [-0.2, -0.15) is 5.26 Å². The second-order valence-corrected chi connectivity index (χ2v) is 7.40. The summed E-state index contributed by atoms with van der Waals surface area (Å²) < 4.78 is 30.2. The summed E-state index contributed by atoms with van der Waals surface area (Å²) in [5, 5.41) is 8.85. The number of ether oxygens (including phenoxy) is 1. The van der Waals surface area contributed by atoms with Crippen LogP contribution in [-0.4, -0.2) is 51.4 Å². The fourth-order valence-electron chi connectivity index (χ4n) is 2.41. The average Bonchev–Trinajstić information content (AvgIpc) is 2.69. The summed E-state index contributed by atoms with van der Waals surface area (Å²) in [6.07, 6.45) is 1.06. The lowest BCUT2D eigenvalue weighted by Gasteiger charge is -2.21. The first-order valence-electron chi connectivity index (χ1n) is 7.08. The van der Waals surface area contributed by atoms with Crippen molar-refractivity contribution in [1.29, 1.82) is 5.26 Å². The zero-order valence-corrected chi connectivity index (χ0v) is 13.0. The Kier molecular flexibility index (Phi) is 5.34. The normalized spacial score (nSPS) is 20.7. The van der Waals surface area contributed by atoms with Crippen molar-refractivity contribution in [2.75, 3.05) is 32.0 Å². The van der Waals surface area contributed by atoms with Gasteiger partial charge in [0.15, 0.2) is 9.84 Å². The van der Waals surface area contributed by atoms with E-state index in [1.54, 1.807) is 18.2 Å². The van der Waals surface area contributed by atoms with Crippen molar-refractivity contribution in [3.63, 3.8) is 0 Å². The highest BCUT2D eigenvalue weighted by atomic mass is 32.2. The van der Waals surface area contributed by atoms with E-state index in [0.717, 1.165) is 26.1 Å². The first-order valence-corrected chi connectivity index (χ1v) is 8.73. The molecule has 6 heteroatoms. The zero-order valence-electron chi connectivity index (χ0n) is 12.2. The molecule has 2 rings (SSSR count). The number of nitriles is 1. The summed E-state index contributed by atoms with van der Waals surface area (Å²) in [4.78, 5) is 2.35. The summed E-state index contributed by atoms with van der Waals surface area (Å²) >= 11 is 0. The van der Waals surface area contributed by atoms with E-state index in [2.05, 4.69) is 4.90 Å². The lowest BCUT2D eigenvalue weighted by Crippen LogP contribution is -2.34. The third kappa shape index (κ3) is 4.53. The third-order valence-corrected chi connectivity index (χ3v) is 5.23. The first kappa shape index (κ1) is 16.0. The number of rotatable bonds is 4. The zero-order chi connectivity index (χ0) is 15.3. The third-order valence-electron chi connectivity index (χ3n) is 3.53. The Bertz CT molecular complexity index is 622. The van der Waals surface area contributed by atoms with Crippen LogP contribution in [0.25, 0.3) is 0 Å². The molecule has 114 valence electrons. The Balaban J connectivity index is 2.02. The molecule has 0 N–H and O–H groups in total. The van der Waals surface area contributed by atoms with Crippen LogP contribution in [0.2, 0.25) is 0 Å². The van der Waals surface area contributed by atoms with Gasteiger partial charge in [0, 0.05) is 26.2 Å². The average molecular weight is 308 g/mol. The van der Waals surface area contributed by atoms with Gasteiger partial charge in [-0.15, -0.1) is 0 Å². The minimum atomic E-state index is -3.36. The highest BCUT2D eigenvalue weighted by Crippen LogP contribution is 2.14. The Morgan fingerprint density at radius 3 is 3.05 bits per heavy atom. The summed E-state index contributed by atoms with van der Waals surface area (Å²) in [6, 6.07) is 8.16. The molecule has 0 aliphatic carbocycles. The molecule has 1 unspecified atom stereocenters. The lowest BCUT2D eigenvalue weighted by atomic mass is 10.2. The van der Waals surface area contributed by atoms with Crippen LogP contribution in [0.3, 0.4) is 0 Å². The van der Waals surface area contributed by atoms with Crippen LogP contribution >= 0.6 is 0 Å². The highest BCUT2D eigenvalue weighted by Gasteiger charge is 2.19. The van der Waals surface area contributed by atoms with E-state index in [1.165, 1.54) is 6.07 Å². The Morgan fingerprint density at radius 2 is 2.29 bits per heavy atom.